The van der Waals surface area contributed by atoms with E-state index in [9.17, 15) is 0 Å². The number of hydrogen-bond donors (Lipinski definition) is 1. The summed E-state index contributed by atoms with van der Waals surface area (Å²) in [6.45, 7) is 2.03. The minimum absolute atomic E-state index is 0.282. The van der Waals surface area contributed by atoms with Gasteiger partial charge in [0.05, 0.1) is 5.75 Å². The molecule has 0 bridgehead atoms. The summed E-state index contributed by atoms with van der Waals surface area (Å²) in [6.07, 6.45) is 3.46. The van der Waals surface area contributed by atoms with Crippen molar-refractivity contribution in [3.63, 3.8) is 0 Å². The van der Waals surface area contributed by atoms with Gasteiger partial charge in [0.25, 0.3) is 0 Å². The predicted octanol–water partition coefficient (Wildman–Crippen LogP) is 1.92. The van der Waals surface area contributed by atoms with Gasteiger partial charge in [0, 0.05) is 12.0 Å². The molecule has 2 rings (SSSR count). The molecule has 1 fully saturated rings. The molecule has 1 heterocycles. The minimum Gasteiger partial charge on any atom is -0.339 e. The second-order valence-corrected chi connectivity index (χ2v) is 5.25. The fraction of sp³-hybridized carbons (Fsp3) is 0.800. The SMILES string of the molecule is CC(N)CCSCc1noc(C2CC2)n1. The van der Waals surface area contributed by atoms with Crippen molar-refractivity contribution in [2.24, 2.45) is 5.73 Å². The van der Waals surface area contributed by atoms with Gasteiger partial charge in [0.2, 0.25) is 5.89 Å². The van der Waals surface area contributed by atoms with E-state index < -0.39 is 0 Å². The molecule has 0 saturated heterocycles. The van der Waals surface area contributed by atoms with E-state index in [2.05, 4.69) is 10.1 Å². The monoisotopic (exact) mass is 227 g/mol. The summed E-state index contributed by atoms with van der Waals surface area (Å²) in [7, 11) is 0. The third kappa shape index (κ3) is 3.50. The molecule has 2 N–H and O–H groups in total. The van der Waals surface area contributed by atoms with Gasteiger partial charge in [-0.25, -0.2) is 0 Å². The Bertz CT molecular complexity index is 309. The molecule has 15 heavy (non-hydrogen) atoms. The van der Waals surface area contributed by atoms with Crippen molar-refractivity contribution >= 4 is 11.8 Å². The first kappa shape index (κ1) is 11.0. The van der Waals surface area contributed by atoms with Crippen molar-refractivity contribution < 1.29 is 4.52 Å². The molecule has 0 spiro atoms. The van der Waals surface area contributed by atoms with E-state index in [0.29, 0.717) is 5.92 Å². The highest BCUT2D eigenvalue weighted by molar-refractivity contribution is 7.98. The van der Waals surface area contributed by atoms with Crippen molar-refractivity contribution in [3.8, 4) is 0 Å². The third-order valence-corrected chi connectivity index (χ3v) is 3.35. The molecule has 1 aliphatic rings. The van der Waals surface area contributed by atoms with Crippen LogP contribution in [0.4, 0.5) is 0 Å². The highest BCUT2D eigenvalue weighted by Crippen LogP contribution is 2.38. The average molecular weight is 227 g/mol. The molecule has 5 heteroatoms. The molecule has 1 atom stereocenters. The van der Waals surface area contributed by atoms with Gasteiger partial charge in [0.1, 0.15) is 0 Å². The second kappa shape index (κ2) is 4.99. The Morgan fingerprint density at radius 1 is 1.60 bits per heavy atom. The Morgan fingerprint density at radius 2 is 2.40 bits per heavy atom. The summed E-state index contributed by atoms with van der Waals surface area (Å²) in [6, 6.07) is 0.282. The molecule has 0 aliphatic heterocycles. The van der Waals surface area contributed by atoms with Crippen molar-refractivity contribution in [2.45, 2.75) is 43.9 Å². The van der Waals surface area contributed by atoms with Gasteiger partial charge in [-0.1, -0.05) is 5.16 Å². The van der Waals surface area contributed by atoms with E-state index in [-0.39, 0.29) is 6.04 Å². The van der Waals surface area contributed by atoms with E-state index >= 15 is 0 Å². The zero-order chi connectivity index (χ0) is 10.7. The quantitative estimate of drug-likeness (QED) is 0.752. The number of nitrogens with zero attached hydrogens (tertiary/aromatic N) is 2. The molecule has 1 unspecified atom stereocenters. The molecule has 0 aromatic carbocycles. The Morgan fingerprint density at radius 3 is 3.07 bits per heavy atom. The maximum atomic E-state index is 5.66. The van der Waals surface area contributed by atoms with Crippen LogP contribution < -0.4 is 5.73 Å². The van der Waals surface area contributed by atoms with Gasteiger partial charge in [0.15, 0.2) is 5.82 Å². The van der Waals surface area contributed by atoms with Crippen LogP contribution >= 0.6 is 11.8 Å². The largest absolute Gasteiger partial charge is 0.339 e. The zero-order valence-electron chi connectivity index (χ0n) is 8.98. The molecule has 1 aromatic rings. The lowest BCUT2D eigenvalue weighted by Gasteiger charge is -2.02. The first-order valence-electron chi connectivity index (χ1n) is 5.41. The van der Waals surface area contributed by atoms with Gasteiger partial charge < -0.3 is 10.3 Å². The van der Waals surface area contributed by atoms with Crippen LogP contribution in [0.5, 0.6) is 0 Å². The van der Waals surface area contributed by atoms with Crippen LogP contribution in [-0.2, 0) is 5.75 Å². The highest BCUT2D eigenvalue weighted by atomic mass is 32.2. The Labute approximate surface area is 94.0 Å². The van der Waals surface area contributed by atoms with Crippen LogP contribution in [0, 0.1) is 0 Å². The molecular formula is C10H17N3OS. The Kier molecular flexibility index (Phi) is 3.64. The maximum absolute atomic E-state index is 5.66. The number of nitrogens with two attached hydrogens (primary N) is 1. The molecule has 1 aromatic heterocycles. The van der Waals surface area contributed by atoms with E-state index in [1.807, 2.05) is 18.7 Å². The van der Waals surface area contributed by atoms with E-state index in [1.54, 1.807) is 0 Å². The van der Waals surface area contributed by atoms with Crippen LogP contribution in [0.2, 0.25) is 0 Å². The number of thioether (sulfide) groups is 1. The van der Waals surface area contributed by atoms with Crippen molar-refractivity contribution in [1.82, 2.24) is 10.1 Å². The molecule has 4 nitrogen and oxygen atoms in total. The van der Waals surface area contributed by atoms with Crippen molar-refractivity contribution in [3.05, 3.63) is 11.7 Å². The summed E-state index contributed by atoms with van der Waals surface area (Å²) in [5.74, 6) is 4.11. The maximum Gasteiger partial charge on any atom is 0.229 e. The van der Waals surface area contributed by atoms with Crippen molar-refractivity contribution in [1.29, 1.82) is 0 Å². The summed E-state index contributed by atoms with van der Waals surface area (Å²) in [5, 5.41) is 3.96. The number of hydrogen-bond acceptors (Lipinski definition) is 5. The highest BCUT2D eigenvalue weighted by Gasteiger charge is 2.29. The third-order valence-electron chi connectivity index (χ3n) is 2.36. The molecule has 0 radical (unpaired) electrons. The van der Waals surface area contributed by atoms with Crippen LogP contribution in [-0.4, -0.2) is 21.9 Å². The van der Waals surface area contributed by atoms with Gasteiger partial charge in [-0.15, -0.1) is 0 Å². The number of aromatic nitrogens is 2. The Hall–Kier alpha value is -0.550. The predicted molar refractivity (Wildman–Crippen MR) is 60.7 cm³/mol. The lowest BCUT2D eigenvalue weighted by Crippen LogP contribution is -2.15. The van der Waals surface area contributed by atoms with Crippen LogP contribution in [0.25, 0.3) is 0 Å². The van der Waals surface area contributed by atoms with Gasteiger partial charge in [-0.05, 0) is 31.9 Å². The van der Waals surface area contributed by atoms with E-state index in [0.717, 1.165) is 29.6 Å². The van der Waals surface area contributed by atoms with Crippen molar-refractivity contribution in [2.75, 3.05) is 5.75 Å². The molecule has 1 saturated carbocycles. The zero-order valence-corrected chi connectivity index (χ0v) is 9.80. The fourth-order valence-corrected chi connectivity index (χ4v) is 2.24. The summed E-state index contributed by atoms with van der Waals surface area (Å²) < 4.78 is 5.17. The molecule has 84 valence electrons. The van der Waals surface area contributed by atoms with Crippen LogP contribution in [0.3, 0.4) is 0 Å². The van der Waals surface area contributed by atoms with Crippen LogP contribution in [0.1, 0.15) is 43.8 Å². The smallest absolute Gasteiger partial charge is 0.229 e. The second-order valence-electron chi connectivity index (χ2n) is 4.14. The van der Waals surface area contributed by atoms with E-state index in [4.69, 9.17) is 10.3 Å². The normalized spacial score (nSPS) is 18.0. The Balaban J connectivity index is 1.69. The van der Waals surface area contributed by atoms with Gasteiger partial charge >= 0.3 is 0 Å². The van der Waals surface area contributed by atoms with E-state index in [1.165, 1.54) is 12.8 Å². The lowest BCUT2D eigenvalue weighted by atomic mass is 10.3. The average Bonchev–Trinajstić information content (AvgIpc) is 2.94. The fourth-order valence-electron chi connectivity index (χ4n) is 1.25. The standard InChI is InChI=1S/C10H17N3OS/c1-7(11)4-5-15-6-9-12-10(14-13-9)8-2-3-8/h7-8H,2-6,11H2,1H3. The summed E-state index contributed by atoms with van der Waals surface area (Å²) in [4.78, 5) is 4.36. The first-order chi connectivity index (χ1) is 7.25. The summed E-state index contributed by atoms with van der Waals surface area (Å²) >= 11 is 1.82. The van der Waals surface area contributed by atoms with Gasteiger partial charge in [-0.2, -0.15) is 16.7 Å². The molecule has 0 amide bonds. The topological polar surface area (TPSA) is 64.9 Å². The first-order valence-corrected chi connectivity index (χ1v) is 6.57. The van der Waals surface area contributed by atoms with Gasteiger partial charge in [-0.3, -0.25) is 0 Å². The lowest BCUT2D eigenvalue weighted by molar-refractivity contribution is 0.375. The summed E-state index contributed by atoms with van der Waals surface area (Å²) in [5.41, 5.74) is 5.66. The molecule has 1 aliphatic carbocycles. The number of rotatable bonds is 6. The minimum atomic E-state index is 0.282. The van der Waals surface area contributed by atoms with Crippen LogP contribution in [0.15, 0.2) is 4.52 Å². The molecular weight excluding hydrogens is 210 g/mol.